The third-order valence-corrected chi connectivity index (χ3v) is 0. The molecule has 0 aliphatic rings. The van der Waals surface area contributed by atoms with Crippen molar-refractivity contribution in [3.63, 3.8) is 0 Å². The van der Waals surface area contributed by atoms with Crippen LogP contribution < -0.4 is 4.89 Å². The highest BCUT2D eigenvalue weighted by molar-refractivity contribution is 7.43. The minimum absolute atomic E-state index is 0. The maximum Gasteiger partial charge on any atom is 0.262 e. The molecule has 4 nitrogen and oxygen atoms in total. The minimum atomic E-state index is -4.89. The summed E-state index contributed by atoms with van der Waals surface area (Å²) in [5, 5.41) is 0. The molecule has 0 saturated heterocycles. The molecule has 6 heteroatoms. The lowest BCUT2D eigenvalue weighted by Crippen LogP contribution is -1.94. The van der Waals surface area contributed by atoms with Crippen LogP contribution in [0.4, 0.5) is 0 Å². The molecule has 0 aliphatic heterocycles. The zero-order chi connectivity index (χ0) is 4.50. The number of hydrogen-bond donors (Lipinski definition) is 2. The molecule has 0 aromatic heterocycles. The van der Waals surface area contributed by atoms with Crippen molar-refractivity contribution in [2.24, 2.45) is 0 Å². The summed E-state index contributed by atoms with van der Waals surface area (Å²) in [6.07, 6.45) is 0. The standard InChI is InChI=1S/ClH.H3O4P/c;1-5(2,3)4/h1H;(H3,1,2,3,4)/p-1. The molecule has 0 rings (SSSR count). The lowest BCUT2D eigenvalue weighted by molar-refractivity contribution is -0.214. The summed E-state index contributed by atoms with van der Waals surface area (Å²) in [4.78, 5) is 22.9. The number of phosphoric acid groups is 1. The van der Waals surface area contributed by atoms with Crippen LogP contribution in [-0.4, -0.2) is 9.79 Å². The van der Waals surface area contributed by atoms with Crippen molar-refractivity contribution in [1.29, 1.82) is 0 Å². The topological polar surface area (TPSA) is 80.6 Å². The Bertz CT molecular complexity index is 53.7. The smallest absolute Gasteiger partial charge is 0.262 e. The molecule has 0 radical (unpaired) electrons. The first-order chi connectivity index (χ1) is 2.00. The van der Waals surface area contributed by atoms with Crippen LogP contribution in [-0.2, 0) is 4.57 Å². The summed E-state index contributed by atoms with van der Waals surface area (Å²) in [6.45, 7) is 0. The van der Waals surface area contributed by atoms with Gasteiger partial charge in [-0.15, -0.1) is 12.4 Å². The molecule has 0 aromatic carbocycles. The van der Waals surface area contributed by atoms with E-state index < -0.39 is 7.82 Å². The van der Waals surface area contributed by atoms with Crippen LogP contribution in [0.25, 0.3) is 0 Å². The molecule has 0 bridgehead atoms. The molecule has 0 spiro atoms. The van der Waals surface area contributed by atoms with Gasteiger partial charge in [-0.25, -0.2) is 0 Å². The highest BCUT2D eigenvalue weighted by Crippen LogP contribution is 2.18. The van der Waals surface area contributed by atoms with Crippen LogP contribution in [0.1, 0.15) is 0 Å². The van der Waals surface area contributed by atoms with Gasteiger partial charge >= 0.3 is 0 Å². The molecule has 0 saturated carbocycles. The normalized spacial score (nSPS) is 9.83. The van der Waals surface area contributed by atoms with Gasteiger partial charge in [0.2, 0.25) is 0 Å². The van der Waals surface area contributed by atoms with E-state index in [1.807, 2.05) is 0 Å². The SMILES string of the molecule is Cl.O=P([O-])(O)O. The van der Waals surface area contributed by atoms with Gasteiger partial charge in [-0.1, -0.05) is 0 Å². The molecule has 0 atom stereocenters. The zero-order valence-electron chi connectivity index (χ0n) is 2.57. The molecular weight excluding hydrogens is 130 g/mol. The van der Waals surface area contributed by atoms with Crippen molar-refractivity contribution in [2.45, 2.75) is 0 Å². The number of halogens is 1. The van der Waals surface area contributed by atoms with Gasteiger partial charge in [0.15, 0.2) is 0 Å². The first kappa shape index (κ1) is 9.64. The molecule has 2 N–H and O–H groups in total. The van der Waals surface area contributed by atoms with Gasteiger partial charge in [0, 0.05) is 0 Å². The van der Waals surface area contributed by atoms with Gasteiger partial charge in [-0.2, -0.15) is 0 Å². The van der Waals surface area contributed by atoms with Crippen molar-refractivity contribution in [3.8, 4) is 0 Å². The van der Waals surface area contributed by atoms with Gasteiger partial charge in [-0.3, -0.25) is 4.57 Å². The van der Waals surface area contributed by atoms with Crippen molar-refractivity contribution < 1.29 is 19.2 Å². The van der Waals surface area contributed by atoms with Crippen molar-refractivity contribution in [3.05, 3.63) is 0 Å². The Morgan fingerprint density at radius 1 is 1.50 bits per heavy atom. The van der Waals surface area contributed by atoms with Crippen molar-refractivity contribution in [1.82, 2.24) is 0 Å². The fourth-order valence-electron chi connectivity index (χ4n) is 0. The molecule has 0 amide bonds. The first-order valence-corrected chi connectivity index (χ1v) is 2.30. The summed E-state index contributed by atoms with van der Waals surface area (Å²) in [7, 11) is -4.89. The summed E-state index contributed by atoms with van der Waals surface area (Å²) >= 11 is 0. The third-order valence-electron chi connectivity index (χ3n) is 0. The van der Waals surface area contributed by atoms with Gasteiger partial charge in [0.25, 0.3) is 7.82 Å². The Balaban J connectivity index is 0. The molecule has 6 heavy (non-hydrogen) atoms. The average Bonchev–Trinajstić information content (AvgIpc) is 0.722. The summed E-state index contributed by atoms with van der Waals surface area (Å²) in [5.41, 5.74) is 0. The highest BCUT2D eigenvalue weighted by Gasteiger charge is 1.82. The van der Waals surface area contributed by atoms with Gasteiger partial charge in [0.05, 0.1) is 0 Å². The van der Waals surface area contributed by atoms with Gasteiger partial charge in [0.1, 0.15) is 0 Å². The lowest BCUT2D eigenvalue weighted by atomic mass is 15.8. The largest absolute Gasteiger partial charge is 0.756 e. The zero-order valence-corrected chi connectivity index (χ0v) is 4.28. The van der Waals surface area contributed by atoms with Crippen LogP contribution in [0.2, 0.25) is 0 Å². The van der Waals surface area contributed by atoms with E-state index in [1.165, 1.54) is 0 Å². The molecule has 0 fully saturated rings. The van der Waals surface area contributed by atoms with E-state index in [-0.39, 0.29) is 12.4 Å². The lowest BCUT2D eigenvalue weighted by Gasteiger charge is -2.01. The van der Waals surface area contributed by atoms with E-state index in [0.717, 1.165) is 0 Å². The van der Waals surface area contributed by atoms with Crippen molar-refractivity contribution >= 4 is 20.2 Å². The minimum Gasteiger partial charge on any atom is -0.756 e. The maximum absolute atomic E-state index is 8.77. The summed E-state index contributed by atoms with van der Waals surface area (Å²) in [5.74, 6) is 0. The highest BCUT2D eigenvalue weighted by atomic mass is 35.5. The first-order valence-electron chi connectivity index (χ1n) is 0.765. The maximum atomic E-state index is 8.77. The Hall–Kier alpha value is 0.400. The fraction of sp³-hybridized carbons (Fsp3) is 0. The molecule has 0 unspecified atom stereocenters. The van der Waals surface area contributed by atoms with Crippen LogP contribution >= 0.6 is 20.2 Å². The summed E-state index contributed by atoms with van der Waals surface area (Å²) < 4.78 is 8.77. The van der Waals surface area contributed by atoms with E-state index in [9.17, 15) is 0 Å². The summed E-state index contributed by atoms with van der Waals surface area (Å²) in [6, 6.07) is 0. The van der Waals surface area contributed by atoms with Crippen LogP contribution in [0.3, 0.4) is 0 Å². The second-order valence-corrected chi connectivity index (χ2v) is 1.47. The van der Waals surface area contributed by atoms with Crippen LogP contribution in [0.5, 0.6) is 0 Å². The quantitative estimate of drug-likeness (QED) is 0.410. The van der Waals surface area contributed by atoms with Crippen molar-refractivity contribution in [2.75, 3.05) is 0 Å². The number of hydrogen-bond acceptors (Lipinski definition) is 2. The van der Waals surface area contributed by atoms with Gasteiger partial charge < -0.3 is 14.7 Å². The van der Waals surface area contributed by atoms with E-state index in [0.29, 0.717) is 0 Å². The van der Waals surface area contributed by atoms with Crippen LogP contribution in [0, 0.1) is 0 Å². The second-order valence-electron chi connectivity index (χ2n) is 0.491. The monoisotopic (exact) mass is 133 g/mol. The Kier molecular flexibility index (Phi) is 4.10. The van der Waals surface area contributed by atoms with Crippen LogP contribution in [0.15, 0.2) is 0 Å². The molecule has 0 aliphatic carbocycles. The number of rotatable bonds is 0. The second kappa shape index (κ2) is 2.55. The Morgan fingerprint density at radius 3 is 1.50 bits per heavy atom. The predicted octanol–water partition coefficient (Wildman–Crippen LogP) is -1.14. The van der Waals surface area contributed by atoms with E-state index in [1.54, 1.807) is 0 Å². The Labute approximate surface area is 40.5 Å². The third kappa shape index (κ3) is 318. The van der Waals surface area contributed by atoms with E-state index >= 15 is 0 Å². The molecule has 0 heterocycles. The average molecular weight is 133 g/mol. The molecule has 40 valence electrons. The van der Waals surface area contributed by atoms with E-state index in [4.69, 9.17) is 19.2 Å². The Morgan fingerprint density at radius 2 is 1.50 bits per heavy atom. The fourth-order valence-corrected chi connectivity index (χ4v) is 0. The molecule has 0 aromatic rings. The van der Waals surface area contributed by atoms with Gasteiger partial charge in [-0.05, 0) is 0 Å². The van der Waals surface area contributed by atoms with E-state index in [2.05, 4.69) is 0 Å². The predicted molar refractivity (Wildman–Crippen MR) is 19.3 cm³/mol. The molecular formula is H3ClO4P-.